The van der Waals surface area contributed by atoms with Crippen LogP contribution in [0.25, 0.3) is 0 Å². The first kappa shape index (κ1) is 8.62. The molecule has 0 spiro atoms. The van der Waals surface area contributed by atoms with Crippen molar-refractivity contribution in [1.29, 1.82) is 0 Å². The maximum Gasteiger partial charge on any atom is 0.282 e. The molecule has 0 radical (unpaired) electrons. The highest BCUT2D eigenvalue weighted by molar-refractivity contribution is 5.32. The maximum absolute atomic E-state index is 12.5. The second-order valence-electron chi connectivity index (χ2n) is 3.56. The Kier molecular flexibility index (Phi) is 1.66. The zero-order chi connectivity index (χ0) is 9.64. The summed E-state index contributed by atoms with van der Waals surface area (Å²) >= 11 is 0. The molecule has 1 aliphatic carbocycles. The summed E-state index contributed by atoms with van der Waals surface area (Å²) in [5.41, 5.74) is 5.65. The standard InChI is InChI=1S/C8H11F2N3/c1-13-4-5(8(11)2-3-8)6(12-13)7(9)10/h4,7H,2-3,11H2,1H3. The molecule has 13 heavy (non-hydrogen) atoms. The third kappa shape index (κ3) is 1.33. The number of hydrogen-bond acceptors (Lipinski definition) is 2. The van der Waals surface area contributed by atoms with Crippen LogP contribution in [0.5, 0.6) is 0 Å². The van der Waals surface area contributed by atoms with E-state index in [0.717, 1.165) is 12.8 Å². The number of nitrogens with zero attached hydrogens (tertiary/aromatic N) is 2. The second kappa shape index (κ2) is 2.51. The van der Waals surface area contributed by atoms with Crippen LogP contribution in [-0.4, -0.2) is 9.78 Å². The van der Waals surface area contributed by atoms with Gasteiger partial charge in [-0.05, 0) is 12.8 Å². The monoisotopic (exact) mass is 187 g/mol. The van der Waals surface area contributed by atoms with E-state index in [2.05, 4.69) is 5.10 Å². The second-order valence-corrected chi connectivity index (χ2v) is 3.56. The van der Waals surface area contributed by atoms with Gasteiger partial charge in [-0.1, -0.05) is 0 Å². The summed E-state index contributed by atoms with van der Waals surface area (Å²) in [6.07, 6.45) is 0.614. The molecule has 1 aliphatic rings. The quantitative estimate of drug-likeness (QED) is 0.758. The Morgan fingerprint density at radius 3 is 2.69 bits per heavy atom. The molecule has 3 nitrogen and oxygen atoms in total. The van der Waals surface area contributed by atoms with E-state index >= 15 is 0 Å². The van der Waals surface area contributed by atoms with Crippen molar-refractivity contribution in [2.75, 3.05) is 0 Å². The minimum absolute atomic E-state index is 0.164. The highest BCUT2D eigenvalue weighted by Gasteiger charge is 2.44. The molecule has 0 unspecified atom stereocenters. The van der Waals surface area contributed by atoms with Gasteiger partial charge in [0, 0.05) is 24.3 Å². The van der Waals surface area contributed by atoms with Crippen molar-refractivity contribution in [3.05, 3.63) is 17.5 Å². The van der Waals surface area contributed by atoms with Gasteiger partial charge in [0.2, 0.25) is 0 Å². The zero-order valence-corrected chi connectivity index (χ0v) is 7.30. The average molecular weight is 187 g/mol. The van der Waals surface area contributed by atoms with Crippen LogP contribution in [0.4, 0.5) is 8.78 Å². The SMILES string of the molecule is Cn1cc(C2(N)CC2)c(C(F)F)n1. The molecule has 1 fully saturated rings. The van der Waals surface area contributed by atoms with E-state index in [1.54, 1.807) is 13.2 Å². The topological polar surface area (TPSA) is 43.8 Å². The number of rotatable bonds is 2. The van der Waals surface area contributed by atoms with E-state index in [1.165, 1.54) is 4.68 Å². The van der Waals surface area contributed by atoms with Gasteiger partial charge < -0.3 is 5.73 Å². The summed E-state index contributed by atoms with van der Waals surface area (Å²) in [5, 5.41) is 3.70. The van der Waals surface area contributed by atoms with Crippen LogP contribution in [0.15, 0.2) is 6.20 Å². The minimum Gasteiger partial charge on any atom is -0.321 e. The average Bonchev–Trinajstić information content (AvgIpc) is 2.62. The summed E-state index contributed by atoms with van der Waals surface area (Å²) in [4.78, 5) is 0. The largest absolute Gasteiger partial charge is 0.321 e. The van der Waals surface area contributed by atoms with Crippen molar-refractivity contribution in [2.45, 2.75) is 24.8 Å². The molecule has 2 N–H and O–H groups in total. The van der Waals surface area contributed by atoms with Crippen LogP contribution >= 0.6 is 0 Å². The predicted octanol–water partition coefficient (Wildman–Crippen LogP) is 1.31. The van der Waals surface area contributed by atoms with Crippen LogP contribution in [-0.2, 0) is 12.6 Å². The number of alkyl halides is 2. The Morgan fingerprint density at radius 2 is 2.23 bits per heavy atom. The van der Waals surface area contributed by atoms with Crippen LogP contribution < -0.4 is 5.73 Å². The zero-order valence-electron chi connectivity index (χ0n) is 7.30. The van der Waals surface area contributed by atoms with Gasteiger partial charge in [-0.15, -0.1) is 0 Å². The van der Waals surface area contributed by atoms with E-state index < -0.39 is 12.0 Å². The fourth-order valence-corrected chi connectivity index (χ4v) is 1.45. The molecule has 0 aliphatic heterocycles. The Bertz CT molecular complexity index is 328. The predicted molar refractivity (Wildman–Crippen MR) is 43.3 cm³/mol. The van der Waals surface area contributed by atoms with E-state index in [1.807, 2.05) is 0 Å². The number of nitrogens with two attached hydrogens (primary N) is 1. The smallest absolute Gasteiger partial charge is 0.282 e. The summed E-state index contributed by atoms with van der Waals surface area (Å²) in [7, 11) is 1.63. The van der Waals surface area contributed by atoms with Crippen molar-refractivity contribution < 1.29 is 8.78 Å². The Labute approximate surface area is 74.5 Å². The summed E-state index contributed by atoms with van der Waals surface area (Å²) in [5.74, 6) is 0. The molecule has 1 heterocycles. The van der Waals surface area contributed by atoms with Gasteiger partial charge in [-0.2, -0.15) is 5.10 Å². The first-order chi connectivity index (χ1) is 6.03. The Morgan fingerprint density at radius 1 is 1.62 bits per heavy atom. The Balaban J connectivity index is 2.43. The van der Waals surface area contributed by atoms with Crippen LogP contribution in [0, 0.1) is 0 Å². The van der Waals surface area contributed by atoms with E-state index in [0.29, 0.717) is 5.56 Å². The third-order valence-electron chi connectivity index (χ3n) is 2.39. The molecule has 0 saturated heterocycles. The molecule has 72 valence electrons. The maximum atomic E-state index is 12.5. The highest BCUT2D eigenvalue weighted by Crippen LogP contribution is 2.45. The highest BCUT2D eigenvalue weighted by atomic mass is 19.3. The number of aromatic nitrogens is 2. The number of hydrogen-bond donors (Lipinski definition) is 1. The lowest BCUT2D eigenvalue weighted by Crippen LogP contribution is -2.19. The van der Waals surface area contributed by atoms with Crippen molar-refractivity contribution in [1.82, 2.24) is 9.78 Å². The summed E-state index contributed by atoms with van der Waals surface area (Å²) < 4.78 is 26.3. The lowest BCUT2D eigenvalue weighted by Gasteiger charge is -2.07. The lowest BCUT2D eigenvalue weighted by molar-refractivity contribution is 0.143. The Hall–Kier alpha value is -0.970. The first-order valence-corrected chi connectivity index (χ1v) is 4.14. The van der Waals surface area contributed by atoms with Gasteiger partial charge >= 0.3 is 0 Å². The van der Waals surface area contributed by atoms with Crippen molar-refractivity contribution >= 4 is 0 Å². The van der Waals surface area contributed by atoms with Crippen molar-refractivity contribution in [3.63, 3.8) is 0 Å². The number of aryl methyl sites for hydroxylation is 1. The fraction of sp³-hybridized carbons (Fsp3) is 0.625. The molecule has 1 aromatic rings. The molecule has 0 bridgehead atoms. The van der Waals surface area contributed by atoms with Crippen LogP contribution in [0.3, 0.4) is 0 Å². The van der Waals surface area contributed by atoms with Gasteiger partial charge in [0.15, 0.2) is 0 Å². The van der Waals surface area contributed by atoms with Gasteiger partial charge in [-0.3, -0.25) is 4.68 Å². The van der Waals surface area contributed by atoms with Crippen molar-refractivity contribution in [2.24, 2.45) is 12.8 Å². The molecular weight excluding hydrogens is 176 g/mol. The first-order valence-electron chi connectivity index (χ1n) is 4.14. The van der Waals surface area contributed by atoms with Gasteiger partial charge in [-0.25, -0.2) is 8.78 Å². The summed E-state index contributed by atoms with van der Waals surface area (Å²) in [6, 6.07) is 0. The molecule has 1 saturated carbocycles. The molecule has 1 aromatic heterocycles. The molecule has 0 aromatic carbocycles. The lowest BCUT2D eigenvalue weighted by atomic mass is 10.1. The molecule has 0 atom stereocenters. The van der Waals surface area contributed by atoms with Crippen LogP contribution in [0.1, 0.15) is 30.5 Å². The third-order valence-corrected chi connectivity index (χ3v) is 2.39. The van der Waals surface area contributed by atoms with E-state index in [-0.39, 0.29) is 5.69 Å². The van der Waals surface area contributed by atoms with Crippen LogP contribution in [0.2, 0.25) is 0 Å². The normalized spacial score (nSPS) is 19.5. The van der Waals surface area contributed by atoms with Crippen molar-refractivity contribution in [3.8, 4) is 0 Å². The van der Waals surface area contributed by atoms with E-state index in [9.17, 15) is 8.78 Å². The van der Waals surface area contributed by atoms with Gasteiger partial charge in [0.05, 0.1) is 0 Å². The molecule has 0 amide bonds. The minimum atomic E-state index is -2.53. The number of halogens is 2. The fourth-order valence-electron chi connectivity index (χ4n) is 1.45. The van der Waals surface area contributed by atoms with Gasteiger partial charge in [0.1, 0.15) is 5.69 Å². The van der Waals surface area contributed by atoms with Gasteiger partial charge in [0.25, 0.3) is 6.43 Å². The van der Waals surface area contributed by atoms with E-state index in [4.69, 9.17) is 5.73 Å². The summed E-state index contributed by atoms with van der Waals surface area (Å²) in [6.45, 7) is 0. The molecule has 2 rings (SSSR count). The molecule has 5 heteroatoms. The molecular formula is C8H11F2N3.